The molecule has 0 unspecified atom stereocenters. The number of aryl methyl sites for hydroxylation is 1. The Balaban J connectivity index is 1.75. The highest BCUT2D eigenvalue weighted by Crippen LogP contribution is 2.38. The fourth-order valence-corrected chi connectivity index (χ4v) is 5.03. The van der Waals surface area contributed by atoms with Crippen LogP contribution in [0.1, 0.15) is 72.3 Å². The van der Waals surface area contributed by atoms with E-state index in [2.05, 4.69) is 12.2 Å². The van der Waals surface area contributed by atoms with E-state index in [4.69, 9.17) is 9.47 Å². The summed E-state index contributed by atoms with van der Waals surface area (Å²) >= 11 is 1.41. The maximum absolute atomic E-state index is 12.9. The molecule has 0 spiro atoms. The minimum Gasteiger partial charge on any atom is -0.494 e. The van der Waals surface area contributed by atoms with Crippen LogP contribution in [0, 0.1) is 11.3 Å². The lowest BCUT2D eigenvalue weighted by Crippen LogP contribution is -2.16. The van der Waals surface area contributed by atoms with Crippen molar-refractivity contribution >= 4 is 34.3 Å². The monoisotopic (exact) mass is 466 g/mol. The zero-order valence-electron chi connectivity index (χ0n) is 19.2. The number of benzene rings is 1. The van der Waals surface area contributed by atoms with Crippen LogP contribution in [0.3, 0.4) is 0 Å². The number of carbonyl (C=O) groups excluding carboxylic acids is 2. The molecule has 174 valence electrons. The van der Waals surface area contributed by atoms with E-state index in [0.29, 0.717) is 17.2 Å². The lowest BCUT2D eigenvalue weighted by atomic mass is 9.95. The summed E-state index contributed by atoms with van der Waals surface area (Å²) in [5.41, 5.74) is 2.09. The first-order chi connectivity index (χ1) is 16.1. The Bertz CT molecular complexity index is 1050. The zero-order valence-corrected chi connectivity index (χ0v) is 20.1. The Kier molecular flexibility index (Phi) is 9.08. The number of esters is 1. The highest BCUT2D eigenvalue weighted by molar-refractivity contribution is 7.17. The van der Waals surface area contributed by atoms with E-state index < -0.39 is 11.9 Å². The number of amides is 1. The molecule has 1 N–H and O–H groups in total. The minimum atomic E-state index is -0.540. The molecule has 1 aromatic heterocycles. The fourth-order valence-electron chi connectivity index (χ4n) is 3.76. The molecule has 2 aromatic rings. The molecule has 7 heteroatoms. The van der Waals surface area contributed by atoms with Gasteiger partial charge in [0.25, 0.3) is 5.91 Å². The fraction of sp³-hybridized carbons (Fsp3) is 0.423. The first-order valence-electron chi connectivity index (χ1n) is 11.5. The van der Waals surface area contributed by atoms with Crippen LogP contribution < -0.4 is 10.1 Å². The normalized spacial score (nSPS) is 13.1. The second kappa shape index (κ2) is 12.2. The van der Waals surface area contributed by atoms with Crippen molar-refractivity contribution in [2.24, 2.45) is 0 Å². The molecule has 0 saturated carbocycles. The minimum absolute atomic E-state index is 0.0344. The molecule has 1 aromatic carbocycles. The van der Waals surface area contributed by atoms with Gasteiger partial charge in [-0.05, 0) is 68.4 Å². The lowest BCUT2D eigenvalue weighted by molar-refractivity contribution is -0.112. The molecule has 0 fully saturated rings. The van der Waals surface area contributed by atoms with E-state index in [0.717, 1.165) is 66.7 Å². The number of rotatable bonds is 10. The van der Waals surface area contributed by atoms with Gasteiger partial charge in [-0.1, -0.05) is 31.9 Å². The van der Waals surface area contributed by atoms with Crippen molar-refractivity contribution in [3.8, 4) is 11.8 Å². The van der Waals surface area contributed by atoms with E-state index in [1.165, 1.54) is 17.4 Å². The smallest absolute Gasteiger partial charge is 0.341 e. The number of unbranched alkanes of at least 4 members (excludes halogenated alkanes) is 2. The topological polar surface area (TPSA) is 88.4 Å². The van der Waals surface area contributed by atoms with E-state index >= 15 is 0 Å². The largest absolute Gasteiger partial charge is 0.494 e. The standard InChI is InChI=1S/C26H30N2O4S/c1-3-5-8-15-32-20-13-11-18(12-14-20)16-19(17-27)24(29)28-25-23(26(30)31-4-2)21-9-6-7-10-22(21)33-25/h11-14,16H,3-10,15H2,1-2H3,(H,28,29)/b19-16-. The summed E-state index contributed by atoms with van der Waals surface area (Å²) in [6.45, 7) is 4.84. The number of nitrogens with one attached hydrogen (secondary N) is 1. The number of anilines is 1. The SMILES string of the molecule is CCCCCOc1ccc(/C=C(/C#N)C(=O)Nc2sc3c(c2C(=O)OCC)CCCC3)cc1. The molecule has 0 bridgehead atoms. The third kappa shape index (κ3) is 6.45. The Morgan fingerprint density at radius 1 is 1.15 bits per heavy atom. The van der Waals surface area contributed by atoms with Crippen molar-refractivity contribution in [2.75, 3.05) is 18.5 Å². The predicted octanol–water partition coefficient (Wildman–Crippen LogP) is 5.92. The summed E-state index contributed by atoms with van der Waals surface area (Å²) in [6.07, 6.45) is 8.56. The van der Waals surface area contributed by atoms with Gasteiger partial charge in [0.15, 0.2) is 0 Å². The zero-order chi connectivity index (χ0) is 23.6. The molecule has 0 atom stereocenters. The third-order valence-corrected chi connectivity index (χ3v) is 6.66. The molecule has 6 nitrogen and oxygen atoms in total. The van der Waals surface area contributed by atoms with Crippen molar-refractivity contribution in [3.63, 3.8) is 0 Å². The molecule has 1 amide bonds. The van der Waals surface area contributed by atoms with Crippen molar-refractivity contribution in [2.45, 2.75) is 58.8 Å². The van der Waals surface area contributed by atoms with Crippen LogP contribution in [-0.4, -0.2) is 25.1 Å². The predicted molar refractivity (Wildman–Crippen MR) is 131 cm³/mol. The average molecular weight is 467 g/mol. The first kappa shape index (κ1) is 24.5. The Hall–Kier alpha value is -3.11. The molecule has 0 saturated heterocycles. The molecule has 1 aliphatic carbocycles. The van der Waals surface area contributed by atoms with Crippen LogP contribution in [0.25, 0.3) is 6.08 Å². The molecule has 0 radical (unpaired) electrons. The number of carbonyl (C=O) groups is 2. The van der Waals surface area contributed by atoms with Gasteiger partial charge in [-0.2, -0.15) is 5.26 Å². The summed E-state index contributed by atoms with van der Waals surface area (Å²) in [7, 11) is 0. The van der Waals surface area contributed by atoms with Gasteiger partial charge in [0.1, 0.15) is 22.4 Å². The van der Waals surface area contributed by atoms with Crippen LogP contribution >= 0.6 is 11.3 Å². The number of hydrogen-bond donors (Lipinski definition) is 1. The molecular formula is C26H30N2O4S. The van der Waals surface area contributed by atoms with Crippen molar-refractivity contribution in [1.29, 1.82) is 5.26 Å². The number of thiophene rings is 1. The number of hydrogen-bond acceptors (Lipinski definition) is 6. The van der Waals surface area contributed by atoms with Gasteiger partial charge in [-0.25, -0.2) is 4.79 Å². The third-order valence-electron chi connectivity index (χ3n) is 5.45. The van der Waals surface area contributed by atoms with Crippen molar-refractivity contribution < 1.29 is 19.1 Å². The molecular weight excluding hydrogens is 436 g/mol. The van der Waals surface area contributed by atoms with Crippen LogP contribution in [0.15, 0.2) is 29.8 Å². The average Bonchev–Trinajstić information content (AvgIpc) is 3.19. The summed E-state index contributed by atoms with van der Waals surface area (Å²) in [4.78, 5) is 26.6. The maximum atomic E-state index is 12.9. The molecule has 3 rings (SSSR count). The Morgan fingerprint density at radius 3 is 2.61 bits per heavy atom. The Morgan fingerprint density at radius 2 is 1.91 bits per heavy atom. The van der Waals surface area contributed by atoms with Crippen LogP contribution in [-0.2, 0) is 22.4 Å². The first-order valence-corrected chi connectivity index (χ1v) is 12.4. The highest BCUT2D eigenvalue weighted by Gasteiger charge is 2.27. The maximum Gasteiger partial charge on any atom is 0.341 e. The van der Waals surface area contributed by atoms with Crippen molar-refractivity contribution in [1.82, 2.24) is 0 Å². The van der Waals surface area contributed by atoms with Gasteiger partial charge in [-0.3, -0.25) is 4.79 Å². The molecule has 33 heavy (non-hydrogen) atoms. The van der Waals surface area contributed by atoms with Gasteiger partial charge in [0.05, 0.1) is 18.8 Å². The molecule has 1 heterocycles. The van der Waals surface area contributed by atoms with Gasteiger partial charge in [-0.15, -0.1) is 11.3 Å². The number of nitrogens with zero attached hydrogens (tertiary/aromatic N) is 1. The van der Waals surface area contributed by atoms with Gasteiger partial charge >= 0.3 is 5.97 Å². The number of fused-ring (bicyclic) bond motifs is 1. The molecule has 1 aliphatic rings. The van der Waals surface area contributed by atoms with E-state index in [9.17, 15) is 14.9 Å². The lowest BCUT2D eigenvalue weighted by Gasteiger charge is -2.12. The number of nitriles is 1. The van der Waals surface area contributed by atoms with E-state index in [1.807, 2.05) is 30.3 Å². The van der Waals surface area contributed by atoms with Crippen molar-refractivity contribution in [3.05, 3.63) is 51.4 Å². The molecule has 0 aliphatic heterocycles. The number of ether oxygens (including phenoxy) is 2. The van der Waals surface area contributed by atoms with Gasteiger partial charge < -0.3 is 14.8 Å². The highest BCUT2D eigenvalue weighted by atomic mass is 32.1. The van der Waals surface area contributed by atoms with Gasteiger partial charge in [0.2, 0.25) is 0 Å². The summed E-state index contributed by atoms with van der Waals surface area (Å²) < 4.78 is 10.9. The summed E-state index contributed by atoms with van der Waals surface area (Å²) in [5, 5.41) is 12.8. The van der Waals surface area contributed by atoms with Crippen LogP contribution in [0.5, 0.6) is 5.75 Å². The summed E-state index contributed by atoms with van der Waals surface area (Å²) in [5.74, 6) is -0.208. The quantitative estimate of drug-likeness (QED) is 0.203. The second-order valence-electron chi connectivity index (χ2n) is 7.88. The van der Waals surface area contributed by atoms with E-state index in [1.54, 1.807) is 6.92 Å². The second-order valence-corrected chi connectivity index (χ2v) is 8.99. The van der Waals surface area contributed by atoms with Crippen LogP contribution in [0.2, 0.25) is 0 Å². The summed E-state index contributed by atoms with van der Waals surface area (Å²) in [6, 6.07) is 9.26. The Labute approximate surface area is 199 Å². The van der Waals surface area contributed by atoms with Gasteiger partial charge in [0, 0.05) is 4.88 Å². The van der Waals surface area contributed by atoms with E-state index in [-0.39, 0.29) is 12.2 Å². The van der Waals surface area contributed by atoms with Crippen LogP contribution in [0.4, 0.5) is 5.00 Å².